The summed E-state index contributed by atoms with van der Waals surface area (Å²) in [4.78, 5) is 26.0. The minimum Gasteiger partial charge on any atom is -0.495 e. The van der Waals surface area contributed by atoms with Crippen molar-refractivity contribution >= 4 is 23.3 Å². The molecule has 1 aromatic heterocycles. The number of nitrogens with zero attached hydrogens (tertiary/aromatic N) is 2. The van der Waals surface area contributed by atoms with Crippen LogP contribution in [-0.4, -0.2) is 35.7 Å². The number of ether oxygens (including phenoxy) is 1. The van der Waals surface area contributed by atoms with Gasteiger partial charge in [0.2, 0.25) is 11.8 Å². The lowest BCUT2D eigenvalue weighted by molar-refractivity contribution is -0.122. The monoisotopic (exact) mass is 300 g/mol. The second kappa shape index (κ2) is 5.88. The van der Waals surface area contributed by atoms with Crippen molar-refractivity contribution in [1.82, 2.24) is 10.2 Å². The first kappa shape index (κ1) is 14.1. The minimum atomic E-state index is -0.402. The van der Waals surface area contributed by atoms with Crippen molar-refractivity contribution < 1.29 is 14.3 Å². The van der Waals surface area contributed by atoms with Crippen LogP contribution in [0.4, 0.5) is 11.5 Å². The predicted molar refractivity (Wildman–Crippen MR) is 80.7 cm³/mol. The first-order valence-corrected chi connectivity index (χ1v) is 6.92. The van der Waals surface area contributed by atoms with Gasteiger partial charge in [-0.2, -0.15) is 5.10 Å². The number of rotatable bonds is 4. The van der Waals surface area contributed by atoms with E-state index >= 15 is 0 Å². The van der Waals surface area contributed by atoms with Gasteiger partial charge in [-0.15, -0.1) is 0 Å². The molecule has 0 bridgehead atoms. The SMILES string of the molecule is COc1ccccc1N1C[C@H](C(=O)Nc2ccn[nH]2)CC1=O. The standard InChI is InChI=1S/C15H16N4O3/c1-22-12-5-3-2-4-11(12)19-9-10(8-14(19)20)15(21)17-13-6-7-16-18-13/h2-7,10H,8-9H2,1H3,(H2,16,17,18,21)/t10-/m1/s1. The molecule has 0 saturated carbocycles. The number of amides is 2. The van der Waals surface area contributed by atoms with Crippen LogP contribution in [0.2, 0.25) is 0 Å². The fourth-order valence-corrected chi connectivity index (χ4v) is 2.53. The maximum absolute atomic E-state index is 12.2. The van der Waals surface area contributed by atoms with E-state index in [0.29, 0.717) is 23.8 Å². The number of hydrogen-bond acceptors (Lipinski definition) is 4. The molecule has 1 saturated heterocycles. The summed E-state index contributed by atoms with van der Waals surface area (Å²) >= 11 is 0. The summed E-state index contributed by atoms with van der Waals surface area (Å²) in [6, 6.07) is 8.94. The van der Waals surface area contributed by atoms with E-state index in [0.717, 1.165) is 0 Å². The highest BCUT2D eigenvalue weighted by Gasteiger charge is 2.36. The van der Waals surface area contributed by atoms with E-state index in [1.807, 2.05) is 18.2 Å². The van der Waals surface area contributed by atoms with Gasteiger partial charge in [0.15, 0.2) is 0 Å². The van der Waals surface area contributed by atoms with Crippen LogP contribution in [-0.2, 0) is 9.59 Å². The Balaban J connectivity index is 1.74. The molecule has 0 spiro atoms. The molecule has 2 heterocycles. The van der Waals surface area contributed by atoms with Crippen molar-refractivity contribution in [3.63, 3.8) is 0 Å². The number of aromatic nitrogens is 2. The molecule has 22 heavy (non-hydrogen) atoms. The van der Waals surface area contributed by atoms with Gasteiger partial charge >= 0.3 is 0 Å². The summed E-state index contributed by atoms with van der Waals surface area (Å²) in [5.41, 5.74) is 0.687. The molecule has 2 N–H and O–H groups in total. The number of hydrogen-bond donors (Lipinski definition) is 2. The van der Waals surface area contributed by atoms with Crippen molar-refractivity contribution in [2.45, 2.75) is 6.42 Å². The quantitative estimate of drug-likeness (QED) is 0.893. The second-order valence-electron chi connectivity index (χ2n) is 5.04. The number of anilines is 2. The molecule has 2 aromatic rings. The number of methoxy groups -OCH3 is 1. The van der Waals surface area contributed by atoms with Crippen molar-refractivity contribution in [1.29, 1.82) is 0 Å². The topological polar surface area (TPSA) is 87.3 Å². The number of nitrogens with one attached hydrogen (secondary N) is 2. The van der Waals surface area contributed by atoms with E-state index in [-0.39, 0.29) is 18.2 Å². The zero-order valence-corrected chi connectivity index (χ0v) is 12.1. The van der Waals surface area contributed by atoms with Crippen molar-refractivity contribution in [2.24, 2.45) is 5.92 Å². The molecule has 0 aliphatic carbocycles. The van der Waals surface area contributed by atoms with Crippen LogP contribution in [0.25, 0.3) is 0 Å². The fraction of sp³-hybridized carbons (Fsp3) is 0.267. The lowest BCUT2D eigenvalue weighted by atomic mass is 10.1. The summed E-state index contributed by atoms with van der Waals surface area (Å²) in [5, 5.41) is 9.15. The number of para-hydroxylation sites is 2. The average molecular weight is 300 g/mol. The van der Waals surface area contributed by atoms with Gasteiger partial charge < -0.3 is 15.0 Å². The zero-order chi connectivity index (χ0) is 15.5. The molecular formula is C15H16N4O3. The third-order valence-electron chi connectivity index (χ3n) is 3.63. The largest absolute Gasteiger partial charge is 0.495 e. The highest BCUT2D eigenvalue weighted by molar-refractivity contribution is 6.03. The third kappa shape index (κ3) is 2.65. The van der Waals surface area contributed by atoms with Crippen LogP contribution in [0.5, 0.6) is 5.75 Å². The molecule has 7 heteroatoms. The molecule has 114 valence electrons. The van der Waals surface area contributed by atoms with Crippen molar-refractivity contribution in [3.05, 3.63) is 36.5 Å². The molecule has 0 unspecified atom stereocenters. The molecule has 1 atom stereocenters. The Hall–Kier alpha value is -2.83. The van der Waals surface area contributed by atoms with Crippen LogP contribution < -0.4 is 15.0 Å². The third-order valence-corrected chi connectivity index (χ3v) is 3.63. The maximum Gasteiger partial charge on any atom is 0.230 e. The van der Waals surface area contributed by atoms with E-state index in [2.05, 4.69) is 15.5 Å². The van der Waals surface area contributed by atoms with E-state index in [9.17, 15) is 9.59 Å². The average Bonchev–Trinajstić information content (AvgIpc) is 3.16. The molecule has 0 radical (unpaired) electrons. The van der Waals surface area contributed by atoms with Gasteiger partial charge in [-0.1, -0.05) is 12.1 Å². The van der Waals surface area contributed by atoms with Gasteiger partial charge in [0, 0.05) is 19.0 Å². The van der Waals surface area contributed by atoms with E-state index in [1.165, 1.54) is 0 Å². The Morgan fingerprint density at radius 3 is 2.95 bits per heavy atom. The Morgan fingerprint density at radius 1 is 1.41 bits per heavy atom. The molecule has 1 aromatic carbocycles. The highest BCUT2D eigenvalue weighted by atomic mass is 16.5. The molecule has 1 fully saturated rings. The smallest absolute Gasteiger partial charge is 0.230 e. The lowest BCUT2D eigenvalue weighted by Gasteiger charge is -2.19. The van der Waals surface area contributed by atoms with Crippen molar-refractivity contribution in [2.75, 3.05) is 23.9 Å². The van der Waals surface area contributed by atoms with Crippen LogP contribution in [0.3, 0.4) is 0 Å². The lowest BCUT2D eigenvalue weighted by Crippen LogP contribution is -2.28. The Morgan fingerprint density at radius 2 is 2.23 bits per heavy atom. The number of aromatic amines is 1. The summed E-state index contributed by atoms with van der Waals surface area (Å²) in [5.74, 6) is 0.448. The maximum atomic E-state index is 12.2. The van der Waals surface area contributed by atoms with Gasteiger partial charge in [-0.3, -0.25) is 14.7 Å². The Bertz CT molecular complexity index is 684. The summed E-state index contributed by atoms with van der Waals surface area (Å²) in [6.45, 7) is 0.333. The normalized spacial score (nSPS) is 17.6. The Labute approximate surface area is 127 Å². The summed E-state index contributed by atoms with van der Waals surface area (Å²) in [7, 11) is 1.56. The summed E-state index contributed by atoms with van der Waals surface area (Å²) in [6.07, 6.45) is 1.73. The molecule has 3 rings (SSSR count). The number of carbonyl (C=O) groups is 2. The molecular weight excluding hydrogens is 284 g/mol. The molecule has 1 aliphatic rings. The van der Waals surface area contributed by atoms with Gasteiger partial charge in [-0.25, -0.2) is 0 Å². The zero-order valence-electron chi connectivity index (χ0n) is 12.1. The number of benzene rings is 1. The van der Waals surface area contributed by atoms with Gasteiger partial charge in [0.1, 0.15) is 11.6 Å². The van der Waals surface area contributed by atoms with E-state index in [1.54, 1.807) is 30.3 Å². The van der Waals surface area contributed by atoms with E-state index < -0.39 is 5.92 Å². The predicted octanol–water partition coefficient (Wildman–Crippen LogP) is 1.41. The van der Waals surface area contributed by atoms with Crippen LogP contribution in [0.15, 0.2) is 36.5 Å². The van der Waals surface area contributed by atoms with Crippen LogP contribution >= 0.6 is 0 Å². The minimum absolute atomic E-state index is 0.0886. The van der Waals surface area contributed by atoms with Gasteiger partial charge in [-0.05, 0) is 12.1 Å². The molecule has 1 aliphatic heterocycles. The molecule has 2 amide bonds. The number of H-pyrrole nitrogens is 1. The van der Waals surface area contributed by atoms with Gasteiger partial charge in [0.05, 0.1) is 24.9 Å². The summed E-state index contributed by atoms with van der Waals surface area (Å²) < 4.78 is 5.28. The van der Waals surface area contributed by atoms with E-state index in [4.69, 9.17) is 4.74 Å². The first-order valence-electron chi connectivity index (χ1n) is 6.92. The van der Waals surface area contributed by atoms with Crippen molar-refractivity contribution in [3.8, 4) is 5.75 Å². The first-order chi connectivity index (χ1) is 10.7. The van der Waals surface area contributed by atoms with Crippen LogP contribution in [0, 0.1) is 5.92 Å². The van der Waals surface area contributed by atoms with Gasteiger partial charge in [0.25, 0.3) is 0 Å². The highest BCUT2D eigenvalue weighted by Crippen LogP contribution is 2.32. The van der Waals surface area contributed by atoms with Crippen LogP contribution in [0.1, 0.15) is 6.42 Å². The second-order valence-corrected chi connectivity index (χ2v) is 5.04. The Kier molecular flexibility index (Phi) is 3.78. The number of carbonyl (C=O) groups excluding carboxylic acids is 2. The fourth-order valence-electron chi connectivity index (χ4n) is 2.53. The molecule has 7 nitrogen and oxygen atoms in total.